The molecule has 0 spiro atoms. The van der Waals surface area contributed by atoms with Gasteiger partial charge in [-0.1, -0.05) is 0 Å². The predicted molar refractivity (Wildman–Crippen MR) is 78.5 cm³/mol. The van der Waals surface area contributed by atoms with Crippen molar-refractivity contribution in [2.24, 2.45) is 5.92 Å². The van der Waals surface area contributed by atoms with Crippen molar-refractivity contribution in [1.29, 1.82) is 0 Å². The molecule has 2 heterocycles. The van der Waals surface area contributed by atoms with Gasteiger partial charge in [0.1, 0.15) is 5.82 Å². The molecule has 106 valence electrons. The normalized spacial score (nSPS) is 18.6. The van der Waals surface area contributed by atoms with Gasteiger partial charge in [0, 0.05) is 39.0 Å². The van der Waals surface area contributed by atoms with E-state index in [4.69, 9.17) is 4.74 Å². The molecule has 1 aliphatic heterocycles. The molecule has 0 saturated carbocycles. The van der Waals surface area contributed by atoms with E-state index >= 15 is 0 Å². The van der Waals surface area contributed by atoms with Crippen LogP contribution in [0, 0.1) is 5.92 Å². The third-order valence-corrected chi connectivity index (χ3v) is 4.04. The summed E-state index contributed by atoms with van der Waals surface area (Å²) >= 11 is 0. The summed E-state index contributed by atoms with van der Waals surface area (Å²) in [6.07, 6.45) is 4.31. The Kier molecular flexibility index (Phi) is 5.16. The van der Waals surface area contributed by atoms with Gasteiger partial charge in [0.15, 0.2) is 0 Å². The smallest absolute Gasteiger partial charge is 0.128 e. The maximum absolute atomic E-state index is 5.24. The van der Waals surface area contributed by atoms with Gasteiger partial charge in [-0.25, -0.2) is 4.98 Å². The maximum Gasteiger partial charge on any atom is 0.128 e. The molecule has 1 aromatic rings. The monoisotopic (exact) mass is 263 g/mol. The summed E-state index contributed by atoms with van der Waals surface area (Å²) in [5, 5.41) is 3.27. The van der Waals surface area contributed by atoms with Gasteiger partial charge in [-0.3, -0.25) is 0 Å². The highest BCUT2D eigenvalue weighted by Crippen LogP contribution is 2.24. The Bertz CT molecular complexity index is 389. The zero-order valence-corrected chi connectivity index (χ0v) is 12.2. The Morgan fingerprint density at radius 3 is 2.84 bits per heavy atom. The number of hydrogen-bond acceptors (Lipinski definition) is 4. The molecule has 0 bridgehead atoms. The fourth-order valence-corrected chi connectivity index (χ4v) is 2.61. The van der Waals surface area contributed by atoms with Crippen molar-refractivity contribution in [3.63, 3.8) is 0 Å². The number of methoxy groups -OCH3 is 1. The Hall–Kier alpha value is -1.13. The van der Waals surface area contributed by atoms with Crippen molar-refractivity contribution in [2.75, 3.05) is 38.8 Å². The third-order valence-electron chi connectivity index (χ3n) is 4.04. The van der Waals surface area contributed by atoms with E-state index in [1.165, 1.54) is 18.4 Å². The van der Waals surface area contributed by atoms with Gasteiger partial charge in [0.05, 0.1) is 0 Å². The predicted octanol–water partition coefficient (Wildman–Crippen LogP) is 2.22. The highest BCUT2D eigenvalue weighted by molar-refractivity contribution is 5.42. The molecule has 0 aliphatic carbocycles. The standard InChI is InChI=1S/C15H25N3O/c1-12(16-2)14-4-7-17-15(10-14)18-8-5-13(6-9-18)11-19-3/h4,7,10,12-13,16H,5-6,8-9,11H2,1-3H3. The summed E-state index contributed by atoms with van der Waals surface area (Å²) in [5.74, 6) is 1.82. The average Bonchev–Trinajstić information content (AvgIpc) is 2.48. The minimum absolute atomic E-state index is 0.368. The van der Waals surface area contributed by atoms with E-state index in [2.05, 4.69) is 34.3 Å². The van der Waals surface area contributed by atoms with E-state index in [1.54, 1.807) is 7.11 Å². The van der Waals surface area contributed by atoms with Crippen molar-refractivity contribution >= 4 is 5.82 Å². The molecular weight excluding hydrogens is 238 g/mol. The Balaban J connectivity index is 1.99. The van der Waals surface area contributed by atoms with Crippen LogP contribution in [0.3, 0.4) is 0 Å². The zero-order valence-electron chi connectivity index (χ0n) is 12.2. The Labute approximate surface area is 116 Å². The molecule has 1 fully saturated rings. The number of nitrogens with one attached hydrogen (secondary N) is 1. The van der Waals surface area contributed by atoms with Crippen LogP contribution in [0.25, 0.3) is 0 Å². The van der Waals surface area contributed by atoms with Crippen molar-refractivity contribution in [3.05, 3.63) is 23.9 Å². The molecule has 1 saturated heterocycles. The van der Waals surface area contributed by atoms with E-state index < -0.39 is 0 Å². The number of pyridine rings is 1. The highest BCUT2D eigenvalue weighted by atomic mass is 16.5. The van der Waals surface area contributed by atoms with E-state index in [1.807, 2.05) is 13.2 Å². The zero-order chi connectivity index (χ0) is 13.7. The van der Waals surface area contributed by atoms with Crippen LogP contribution in [-0.4, -0.2) is 38.8 Å². The summed E-state index contributed by atoms with van der Waals surface area (Å²) in [7, 11) is 3.78. The van der Waals surface area contributed by atoms with Gasteiger partial charge < -0.3 is 15.0 Å². The first-order valence-electron chi connectivity index (χ1n) is 7.11. The molecular formula is C15H25N3O. The van der Waals surface area contributed by atoms with Gasteiger partial charge >= 0.3 is 0 Å². The summed E-state index contributed by atoms with van der Waals surface area (Å²) in [6, 6.07) is 4.66. The van der Waals surface area contributed by atoms with Crippen LogP contribution in [0.15, 0.2) is 18.3 Å². The van der Waals surface area contributed by atoms with Gasteiger partial charge in [-0.2, -0.15) is 0 Å². The minimum atomic E-state index is 0.368. The molecule has 0 amide bonds. The minimum Gasteiger partial charge on any atom is -0.384 e. The molecule has 1 aromatic heterocycles. The molecule has 0 radical (unpaired) electrons. The first kappa shape index (κ1) is 14.3. The number of aromatic nitrogens is 1. The second kappa shape index (κ2) is 6.87. The summed E-state index contributed by atoms with van der Waals surface area (Å²) < 4.78 is 5.24. The van der Waals surface area contributed by atoms with Gasteiger partial charge in [-0.15, -0.1) is 0 Å². The number of piperidine rings is 1. The van der Waals surface area contributed by atoms with Crippen LogP contribution in [0.5, 0.6) is 0 Å². The lowest BCUT2D eigenvalue weighted by Gasteiger charge is -2.32. The number of hydrogen-bond donors (Lipinski definition) is 1. The van der Waals surface area contributed by atoms with Gasteiger partial charge in [-0.05, 0) is 50.4 Å². The lowest BCUT2D eigenvalue weighted by Crippen LogP contribution is -2.35. The van der Waals surface area contributed by atoms with E-state index in [0.29, 0.717) is 12.0 Å². The number of nitrogens with zero attached hydrogens (tertiary/aromatic N) is 2. The highest BCUT2D eigenvalue weighted by Gasteiger charge is 2.20. The van der Waals surface area contributed by atoms with Crippen LogP contribution >= 0.6 is 0 Å². The van der Waals surface area contributed by atoms with E-state index in [9.17, 15) is 0 Å². The maximum atomic E-state index is 5.24. The SMILES string of the molecule is CNC(C)c1ccnc(N2CCC(COC)CC2)c1. The molecule has 0 aromatic carbocycles. The van der Waals surface area contributed by atoms with Gasteiger partial charge in [0.25, 0.3) is 0 Å². The molecule has 19 heavy (non-hydrogen) atoms. The van der Waals surface area contributed by atoms with Crippen LogP contribution in [0.4, 0.5) is 5.82 Å². The van der Waals surface area contributed by atoms with Crippen molar-refractivity contribution in [1.82, 2.24) is 10.3 Å². The second-order valence-corrected chi connectivity index (χ2v) is 5.34. The van der Waals surface area contributed by atoms with E-state index in [-0.39, 0.29) is 0 Å². The summed E-state index contributed by atoms with van der Waals surface area (Å²) in [4.78, 5) is 6.90. The van der Waals surface area contributed by atoms with E-state index in [0.717, 1.165) is 25.5 Å². The molecule has 1 unspecified atom stereocenters. The fraction of sp³-hybridized carbons (Fsp3) is 0.667. The molecule has 1 atom stereocenters. The number of ether oxygens (including phenoxy) is 1. The molecule has 1 N–H and O–H groups in total. The molecule has 1 aliphatic rings. The Morgan fingerprint density at radius 2 is 2.21 bits per heavy atom. The third kappa shape index (κ3) is 3.67. The Morgan fingerprint density at radius 1 is 1.47 bits per heavy atom. The first-order valence-corrected chi connectivity index (χ1v) is 7.11. The van der Waals surface area contributed by atoms with Crippen LogP contribution in [0.1, 0.15) is 31.4 Å². The van der Waals surface area contributed by atoms with Crippen LogP contribution in [-0.2, 0) is 4.74 Å². The summed E-state index contributed by atoms with van der Waals surface area (Å²) in [6.45, 7) is 5.22. The molecule has 2 rings (SSSR count). The van der Waals surface area contributed by atoms with Crippen LogP contribution < -0.4 is 10.2 Å². The largest absolute Gasteiger partial charge is 0.384 e. The van der Waals surface area contributed by atoms with Crippen LogP contribution in [0.2, 0.25) is 0 Å². The summed E-state index contributed by atoms with van der Waals surface area (Å²) in [5.41, 5.74) is 1.30. The fourth-order valence-electron chi connectivity index (χ4n) is 2.61. The number of rotatable bonds is 5. The van der Waals surface area contributed by atoms with Crippen molar-refractivity contribution in [3.8, 4) is 0 Å². The average molecular weight is 263 g/mol. The lowest BCUT2D eigenvalue weighted by atomic mass is 9.97. The molecule has 4 heteroatoms. The quantitative estimate of drug-likeness (QED) is 0.884. The molecule has 4 nitrogen and oxygen atoms in total. The number of anilines is 1. The first-order chi connectivity index (χ1) is 9.24. The van der Waals surface area contributed by atoms with Gasteiger partial charge in [0.2, 0.25) is 0 Å². The lowest BCUT2D eigenvalue weighted by molar-refractivity contribution is 0.139. The topological polar surface area (TPSA) is 37.4 Å². The van der Waals surface area contributed by atoms with Crippen molar-refractivity contribution in [2.45, 2.75) is 25.8 Å². The second-order valence-electron chi connectivity index (χ2n) is 5.34. The van der Waals surface area contributed by atoms with Crippen molar-refractivity contribution < 1.29 is 4.74 Å².